The van der Waals surface area contributed by atoms with Crippen LogP contribution >= 0.6 is 0 Å². The lowest BCUT2D eigenvalue weighted by Gasteiger charge is -2.42. The third-order valence-electron chi connectivity index (χ3n) is 4.08. The standard InChI is InChI=1S/C14H26O2/c1-6-10(7-2)12-9(3)13(16)11(15)8-14(12,4)5/h10-11,13,15-16H,6-8H2,1-5H3. The number of aliphatic hydroxyl groups excluding tert-OH is 2. The van der Waals surface area contributed by atoms with E-state index in [1.165, 1.54) is 5.57 Å². The zero-order valence-corrected chi connectivity index (χ0v) is 11.2. The molecule has 2 unspecified atom stereocenters. The quantitative estimate of drug-likeness (QED) is 0.726. The third kappa shape index (κ3) is 2.33. The Kier molecular flexibility index (Phi) is 4.19. The second-order valence-electron chi connectivity index (χ2n) is 5.71. The molecule has 1 aliphatic rings. The van der Waals surface area contributed by atoms with Crippen LogP contribution in [0.15, 0.2) is 11.1 Å². The Bertz CT molecular complexity index is 274. The van der Waals surface area contributed by atoms with Crippen LogP contribution in [0.3, 0.4) is 0 Å². The molecule has 1 rings (SSSR count). The number of aliphatic hydroxyl groups is 2. The van der Waals surface area contributed by atoms with Gasteiger partial charge in [-0.1, -0.05) is 33.3 Å². The summed E-state index contributed by atoms with van der Waals surface area (Å²) in [6.45, 7) is 10.7. The monoisotopic (exact) mass is 226 g/mol. The van der Waals surface area contributed by atoms with Crippen molar-refractivity contribution in [2.24, 2.45) is 11.3 Å². The van der Waals surface area contributed by atoms with Gasteiger partial charge in [0, 0.05) is 0 Å². The first-order chi connectivity index (χ1) is 7.35. The molecule has 16 heavy (non-hydrogen) atoms. The van der Waals surface area contributed by atoms with Gasteiger partial charge in [0.25, 0.3) is 0 Å². The molecule has 0 amide bonds. The van der Waals surface area contributed by atoms with E-state index in [1.54, 1.807) is 0 Å². The van der Waals surface area contributed by atoms with Gasteiger partial charge in [0.2, 0.25) is 0 Å². The maximum Gasteiger partial charge on any atom is 0.101 e. The first-order valence-electron chi connectivity index (χ1n) is 6.42. The van der Waals surface area contributed by atoms with E-state index < -0.39 is 12.2 Å². The predicted octanol–water partition coefficient (Wildman–Crippen LogP) is 2.89. The van der Waals surface area contributed by atoms with Crippen molar-refractivity contribution in [3.8, 4) is 0 Å². The molecule has 2 atom stereocenters. The fourth-order valence-electron chi connectivity index (χ4n) is 3.30. The zero-order chi connectivity index (χ0) is 12.5. The van der Waals surface area contributed by atoms with Crippen molar-refractivity contribution in [3.05, 3.63) is 11.1 Å². The van der Waals surface area contributed by atoms with Crippen LogP contribution in [0, 0.1) is 11.3 Å². The van der Waals surface area contributed by atoms with Crippen LogP contribution in [-0.2, 0) is 0 Å². The number of hydrogen-bond acceptors (Lipinski definition) is 2. The summed E-state index contributed by atoms with van der Waals surface area (Å²) in [6.07, 6.45) is 1.61. The van der Waals surface area contributed by atoms with E-state index >= 15 is 0 Å². The Morgan fingerprint density at radius 2 is 1.75 bits per heavy atom. The highest BCUT2D eigenvalue weighted by molar-refractivity contribution is 5.29. The summed E-state index contributed by atoms with van der Waals surface area (Å²) in [7, 11) is 0. The van der Waals surface area contributed by atoms with Gasteiger partial charge in [0.15, 0.2) is 0 Å². The molecule has 0 bridgehead atoms. The molecule has 0 aliphatic heterocycles. The van der Waals surface area contributed by atoms with E-state index in [0.717, 1.165) is 18.4 Å². The summed E-state index contributed by atoms with van der Waals surface area (Å²) >= 11 is 0. The third-order valence-corrected chi connectivity index (χ3v) is 4.08. The van der Waals surface area contributed by atoms with E-state index in [9.17, 15) is 10.2 Å². The zero-order valence-electron chi connectivity index (χ0n) is 11.2. The van der Waals surface area contributed by atoms with Crippen molar-refractivity contribution in [1.82, 2.24) is 0 Å². The van der Waals surface area contributed by atoms with Gasteiger partial charge < -0.3 is 10.2 Å². The Labute approximate surface area is 99.4 Å². The molecule has 0 heterocycles. The molecule has 0 aromatic heterocycles. The molecule has 0 saturated carbocycles. The van der Waals surface area contributed by atoms with Gasteiger partial charge >= 0.3 is 0 Å². The molecular formula is C14H26O2. The van der Waals surface area contributed by atoms with Crippen LogP contribution in [0.4, 0.5) is 0 Å². The van der Waals surface area contributed by atoms with Crippen LogP contribution in [0.1, 0.15) is 53.9 Å². The SMILES string of the molecule is CCC(CC)C1=C(C)C(O)C(O)CC1(C)C. The summed E-state index contributed by atoms with van der Waals surface area (Å²) in [5.41, 5.74) is 2.38. The Morgan fingerprint density at radius 3 is 2.19 bits per heavy atom. The van der Waals surface area contributed by atoms with E-state index in [4.69, 9.17) is 0 Å². The minimum Gasteiger partial charge on any atom is -0.390 e. The Balaban J connectivity index is 3.17. The van der Waals surface area contributed by atoms with Gasteiger partial charge in [-0.3, -0.25) is 0 Å². The van der Waals surface area contributed by atoms with Crippen molar-refractivity contribution in [2.75, 3.05) is 0 Å². The molecule has 0 aromatic rings. The topological polar surface area (TPSA) is 40.5 Å². The molecule has 0 aromatic carbocycles. The highest BCUT2D eigenvalue weighted by atomic mass is 16.3. The van der Waals surface area contributed by atoms with Gasteiger partial charge in [0.1, 0.15) is 6.10 Å². The molecule has 1 aliphatic carbocycles. The van der Waals surface area contributed by atoms with E-state index in [-0.39, 0.29) is 5.41 Å². The van der Waals surface area contributed by atoms with Gasteiger partial charge in [0.05, 0.1) is 6.10 Å². The van der Waals surface area contributed by atoms with Crippen molar-refractivity contribution >= 4 is 0 Å². The van der Waals surface area contributed by atoms with Crippen LogP contribution in [0.25, 0.3) is 0 Å². The molecule has 94 valence electrons. The fourth-order valence-corrected chi connectivity index (χ4v) is 3.30. The van der Waals surface area contributed by atoms with Crippen LogP contribution in [0.2, 0.25) is 0 Å². The minimum atomic E-state index is -0.663. The summed E-state index contributed by atoms with van der Waals surface area (Å²) < 4.78 is 0. The molecule has 0 fully saturated rings. The molecule has 0 saturated heterocycles. The van der Waals surface area contributed by atoms with Gasteiger partial charge in [-0.2, -0.15) is 0 Å². The molecule has 2 N–H and O–H groups in total. The van der Waals surface area contributed by atoms with Crippen LogP contribution < -0.4 is 0 Å². The molecule has 2 heteroatoms. The lowest BCUT2D eigenvalue weighted by Crippen LogP contribution is -2.41. The van der Waals surface area contributed by atoms with E-state index in [2.05, 4.69) is 27.7 Å². The normalized spacial score (nSPS) is 30.0. The molecule has 2 nitrogen and oxygen atoms in total. The number of hydrogen-bond donors (Lipinski definition) is 2. The average molecular weight is 226 g/mol. The highest BCUT2D eigenvalue weighted by Gasteiger charge is 2.39. The Hall–Kier alpha value is -0.340. The number of rotatable bonds is 3. The molecule has 0 spiro atoms. The van der Waals surface area contributed by atoms with Crippen LogP contribution in [0.5, 0.6) is 0 Å². The van der Waals surface area contributed by atoms with Gasteiger partial charge in [-0.25, -0.2) is 0 Å². The lowest BCUT2D eigenvalue weighted by molar-refractivity contribution is 0.00223. The molecular weight excluding hydrogens is 200 g/mol. The maximum atomic E-state index is 9.98. The largest absolute Gasteiger partial charge is 0.390 e. The predicted molar refractivity (Wildman–Crippen MR) is 67.2 cm³/mol. The Morgan fingerprint density at radius 1 is 1.25 bits per heavy atom. The highest BCUT2D eigenvalue weighted by Crippen LogP contribution is 2.45. The maximum absolute atomic E-state index is 9.98. The van der Waals surface area contributed by atoms with E-state index in [1.807, 2.05) is 6.92 Å². The van der Waals surface area contributed by atoms with Crippen molar-refractivity contribution in [1.29, 1.82) is 0 Å². The van der Waals surface area contributed by atoms with Gasteiger partial charge in [-0.05, 0) is 43.1 Å². The summed E-state index contributed by atoms with van der Waals surface area (Å²) in [4.78, 5) is 0. The average Bonchev–Trinajstić information content (AvgIpc) is 2.20. The fraction of sp³-hybridized carbons (Fsp3) is 0.857. The van der Waals surface area contributed by atoms with E-state index in [0.29, 0.717) is 12.3 Å². The summed E-state index contributed by atoms with van der Waals surface area (Å²) in [5.74, 6) is 0.539. The second-order valence-corrected chi connectivity index (χ2v) is 5.71. The number of allylic oxidation sites excluding steroid dienone is 1. The summed E-state index contributed by atoms with van der Waals surface area (Å²) in [5, 5.41) is 19.8. The minimum absolute atomic E-state index is 0.0133. The first kappa shape index (κ1) is 13.7. The first-order valence-corrected chi connectivity index (χ1v) is 6.42. The van der Waals surface area contributed by atoms with Crippen molar-refractivity contribution < 1.29 is 10.2 Å². The molecule has 0 radical (unpaired) electrons. The van der Waals surface area contributed by atoms with Crippen molar-refractivity contribution in [2.45, 2.75) is 66.1 Å². The second kappa shape index (κ2) is 4.89. The summed E-state index contributed by atoms with van der Waals surface area (Å²) in [6, 6.07) is 0. The lowest BCUT2D eigenvalue weighted by atomic mass is 9.65. The smallest absolute Gasteiger partial charge is 0.101 e. The van der Waals surface area contributed by atoms with Crippen LogP contribution in [-0.4, -0.2) is 22.4 Å². The van der Waals surface area contributed by atoms with Gasteiger partial charge in [-0.15, -0.1) is 0 Å². The van der Waals surface area contributed by atoms with Crippen molar-refractivity contribution in [3.63, 3.8) is 0 Å².